The first-order chi connectivity index (χ1) is 37.7. The average molecular weight is 1240 g/mol. The molecule has 11 unspecified atom stereocenters. The lowest BCUT2D eigenvalue weighted by molar-refractivity contribution is -0.155. The highest BCUT2D eigenvalue weighted by Crippen LogP contribution is 2.29. The minimum absolute atomic E-state index is 0.0216. The molecule has 12 N–H and O–H groups in total. The standard InChI is InChI=1S/C19H36O7Si2.2C17H32O7Si2/c1-17(21)19(2,22)16-25-13-9-15-28(24-3,14-8-12-20)26-27(4,23)18-10-6-5-7-11-18;1-15(19)17(20)23-12-8-14-26(22-2,13-7-11-18)24-25(3,21)16-9-5-4-6-10-16;1-22-26(12-6-10-18,13-7-11-23-15-16(20)14-19)24-25(2,21)17-8-4-3-5-9-17/h5-7,10-11,17,20-23H,8-9,12-16H2,1-4H3;4-6,9-10,15,17-21H,7-8,11-14H2,1-3H3;3-5,8-9,16,18-21H,6-7,10-15H2,1-2H3. The molecule has 0 spiro atoms. The Bertz CT molecular complexity index is 1990. The molecule has 0 saturated heterocycles. The Morgan fingerprint density at radius 1 is 0.475 bits per heavy atom. The van der Waals surface area contributed by atoms with Crippen LogP contribution in [0.5, 0.6) is 0 Å². The van der Waals surface area contributed by atoms with Crippen LogP contribution in [0.1, 0.15) is 59.3 Å². The third-order valence-corrected chi connectivity index (χ3v) is 35.6. The highest BCUT2D eigenvalue weighted by Gasteiger charge is 2.47. The minimum Gasteiger partial charge on any atom is -0.411 e. The Hall–Kier alpha value is -1.88. The van der Waals surface area contributed by atoms with E-state index in [0.29, 0.717) is 88.0 Å². The summed E-state index contributed by atoms with van der Waals surface area (Å²) in [6.45, 7) is 10.6. The number of hydrogen-bond acceptors (Lipinski definition) is 21. The van der Waals surface area contributed by atoms with Crippen molar-refractivity contribution in [2.45, 2.75) is 145 Å². The summed E-state index contributed by atoms with van der Waals surface area (Å²) in [4.78, 5) is 33.0. The maximum Gasteiger partial charge on any atom is 0.357 e. The van der Waals surface area contributed by atoms with E-state index >= 15 is 0 Å². The van der Waals surface area contributed by atoms with Gasteiger partial charge in [-0.15, -0.1) is 0 Å². The van der Waals surface area contributed by atoms with Crippen LogP contribution in [0.4, 0.5) is 0 Å². The summed E-state index contributed by atoms with van der Waals surface area (Å²) in [5.41, 5.74) is -1.30. The van der Waals surface area contributed by atoms with Crippen LogP contribution in [0, 0.1) is 0 Å². The number of rotatable bonds is 41. The summed E-state index contributed by atoms with van der Waals surface area (Å²) in [5, 5.41) is 86.4. The van der Waals surface area contributed by atoms with Crippen molar-refractivity contribution in [3.05, 3.63) is 91.0 Å². The normalized spacial score (nSPS) is 18.6. The van der Waals surface area contributed by atoms with Gasteiger partial charge in [-0.25, -0.2) is 0 Å². The predicted molar refractivity (Wildman–Crippen MR) is 320 cm³/mol. The van der Waals surface area contributed by atoms with Crippen molar-refractivity contribution in [3.8, 4) is 0 Å². The zero-order chi connectivity index (χ0) is 60.4. The largest absolute Gasteiger partial charge is 0.411 e. The van der Waals surface area contributed by atoms with Gasteiger partial charge in [0.25, 0.3) is 0 Å². The minimum atomic E-state index is -3.16. The molecule has 0 aliphatic heterocycles. The van der Waals surface area contributed by atoms with Crippen molar-refractivity contribution in [3.63, 3.8) is 0 Å². The van der Waals surface area contributed by atoms with E-state index in [1.54, 1.807) is 41.0 Å². The second-order valence-corrected chi connectivity index (χ2v) is 40.3. The van der Waals surface area contributed by atoms with Crippen LogP contribution in [-0.2, 0) is 39.8 Å². The Balaban J connectivity index is 0.000000601. The first-order valence-electron chi connectivity index (χ1n) is 27.5. The molecule has 0 heterocycles. The Labute approximate surface area is 482 Å². The maximum absolute atomic E-state index is 11.0. The SMILES string of the molecule is CO[Si](CCCO)(CCCOC(O)C(C)O)O[Si](C)(O)c1ccccc1.CO[Si](CCCO)(CCCOCC(C)(O)C(C)O)O[Si](C)(O)c1ccccc1.CO[Si](CCCO)(CCCOCC(O)CO)O[Si](C)(O)c1ccccc1. The van der Waals surface area contributed by atoms with E-state index in [2.05, 4.69) is 0 Å². The molecule has 0 aromatic heterocycles. The molecule has 462 valence electrons. The molecule has 0 fully saturated rings. The molecule has 0 bridgehead atoms. The fraction of sp³-hybridized carbons (Fsp3) is 0.660. The summed E-state index contributed by atoms with van der Waals surface area (Å²) < 4.78 is 52.2. The molecule has 0 radical (unpaired) electrons. The van der Waals surface area contributed by atoms with Crippen molar-refractivity contribution in [1.82, 2.24) is 0 Å². The van der Waals surface area contributed by atoms with Gasteiger partial charge in [0, 0.05) is 61.0 Å². The van der Waals surface area contributed by atoms with Gasteiger partial charge in [0.1, 0.15) is 17.8 Å². The van der Waals surface area contributed by atoms with Gasteiger partial charge in [-0.1, -0.05) is 91.0 Å². The maximum atomic E-state index is 11.0. The molecule has 80 heavy (non-hydrogen) atoms. The lowest BCUT2D eigenvalue weighted by Gasteiger charge is -2.36. The fourth-order valence-electron chi connectivity index (χ4n) is 8.21. The van der Waals surface area contributed by atoms with Gasteiger partial charge in [-0.05, 0) is 131 Å². The number of hydrogen-bond donors (Lipinski definition) is 12. The number of aliphatic hydroxyl groups is 9. The molecule has 0 aliphatic rings. The first kappa shape index (κ1) is 76.1. The van der Waals surface area contributed by atoms with Crippen molar-refractivity contribution >= 4 is 66.9 Å². The molecule has 21 nitrogen and oxygen atoms in total. The van der Waals surface area contributed by atoms with Crippen molar-refractivity contribution < 1.29 is 100 Å². The van der Waals surface area contributed by atoms with Crippen LogP contribution in [0.15, 0.2) is 91.0 Å². The second-order valence-electron chi connectivity index (χ2n) is 20.5. The Morgan fingerprint density at radius 2 is 0.787 bits per heavy atom. The van der Waals surface area contributed by atoms with Crippen LogP contribution in [0.3, 0.4) is 0 Å². The van der Waals surface area contributed by atoms with E-state index in [-0.39, 0.29) is 46.2 Å². The molecule has 0 amide bonds. The topological polar surface area (TPSA) is 326 Å². The van der Waals surface area contributed by atoms with E-state index in [1.165, 1.54) is 20.8 Å². The van der Waals surface area contributed by atoms with Crippen LogP contribution in [-0.4, -0.2) is 223 Å². The van der Waals surface area contributed by atoms with E-state index in [9.17, 15) is 55.2 Å². The van der Waals surface area contributed by atoms with Crippen LogP contribution in [0.2, 0.25) is 55.9 Å². The van der Waals surface area contributed by atoms with Crippen LogP contribution in [0.25, 0.3) is 0 Å². The van der Waals surface area contributed by atoms with Crippen molar-refractivity contribution in [1.29, 1.82) is 0 Å². The van der Waals surface area contributed by atoms with E-state index in [4.69, 9.17) is 44.9 Å². The van der Waals surface area contributed by atoms with Crippen molar-refractivity contribution in [2.24, 2.45) is 0 Å². The summed E-state index contributed by atoms with van der Waals surface area (Å²) in [6, 6.07) is 31.4. The molecular formula is C53H100O21Si6. The van der Waals surface area contributed by atoms with Gasteiger partial charge in [0.15, 0.2) is 6.29 Å². The molecule has 3 aromatic rings. The van der Waals surface area contributed by atoms with E-state index < -0.39 is 81.6 Å². The fourth-order valence-corrected chi connectivity index (χ4v) is 30.3. The summed E-state index contributed by atoms with van der Waals surface area (Å²) in [5.74, 6) is 0. The predicted octanol–water partition coefficient (Wildman–Crippen LogP) is 1.74. The van der Waals surface area contributed by atoms with E-state index in [1.807, 2.05) is 91.0 Å². The van der Waals surface area contributed by atoms with Crippen LogP contribution >= 0.6 is 0 Å². The Morgan fingerprint density at radius 3 is 1.07 bits per heavy atom. The summed E-state index contributed by atoms with van der Waals surface area (Å²) >= 11 is 0. The summed E-state index contributed by atoms with van der Waals surface area (Å²) in [6.07, 6.45) is -0.532. The average Bonchev–Trinajstić information content (AvgIpc) is 3.44. The third kappa shape index (κ3) is 29.3. The lowest BCUT2D eigenvalue weighted by Crippen LogP contribution is -2.58. The number of ether oxygens (including phenoxy) is 3. The highest BCUT2D eigenvalue weighted by molar-refractivity contribution is 6.88. The van der Waals surface area contributed by atoms with Gasteiger partial charge in [-0.2, -0.15) is 0 Å². The monoisotopic (exact) mass is 1240 g/mol. The zero-order valence-electron chi connectivity index (χ0n) is 48.9. The van der Waals surface area contributed by atoms with Crippen LogP contribution < -0.4 is 15.6 Å². The van der Waals surface area contributed by atoms with Gasteiger partial charge in [-0.3, -0.25) is 0 Å². The molecule has 11 atom stereocenters. The highest BCUT2D eigenvalue weighted by atomic mass is 28.5. The van der Waals surface area contributed by atoms with Gasteiger partial charge in [0.2, 0.25) is 0 Å². The molecule has 0 aliphatic carbocycles. The van der Waals surface area contributed by atoms with Crippen molar-refractivity contribution in [2.75, 3.05) is 80.8 Å². The lowest BCUT2D eigenvalue weighted by atomic mass is 10.0. The van der Waals surface area contributed by atoms with Gasteiger partial charge < -0.3 is 100 Å². The molecular weight excluding hydrogens is 1140 g/mol. The smallest absolute Gasteiger partial charge is 0.357 e. The quantitative estimate of drug-likeness (QED) is 0.0219. The molecule has 27 heteroatoms. The van der Waals surface area contributed by atoms with E-state index in [0.717, 1.165) is 15.6 Å². The van der Waals surface area contributed by atoms with Gasteiger partial charge in [0.05, 0.1) is 25.9 Å². The number of aliphatic hydroxyl groups excluding tert-OH is 8. The zero-order valence-corrected chi connectivity index (χ0v) is 54.9. The first-order valence-corrected chi connectivity index (χ1v) is 41.2. The summed E-state index contributed by atoms with van der Waals surface area (Å²) in [7, 11) is -13.0. The number of benzene rings is 3. The third-order valence-electron chi connectivity index (χ3n) is 13.3. The molecule has 3 rings (SSSR count). The second kappa shape index (κ2) is 39.7. The van der Waals surface area contributed by atoms with Gasteiger partial charge >= 0.3 is 51.4 Å². The molecule has 0 saturated carbocycles. The molecule has 3 aromatic carbocycles. The Kier molecular flexibility index (Phi) is 37.8.